The molecule has 0 aliphatic carbocycles. The predicted octanol–water partition coefficient (Wildman–Crippen LogP) is 1.41. The van der Waals surface area contributed by atoms with Crippen LogP contribution in [0, 0.1) is 11.6 Å². The Balaban J connectivity index is 2.78. The molecule has 4 nitrogen and oxygen atoms in total. The van der Waals surface area contributed by atoms with E-state index in [-0.39, 0.29) is 18.7 Å². The molecule has 0 radical (unpaired) electrons. The van der Waals surface area contributed by atoms with Gasteiger partial charge in [0.1, 0.15) is 11.6 Å². The molecule has 0 spiro atoms. The highest BCUT2D eigenvalue weighted by molar-refractivity contribution is 5.69. The van der Waals surface area contributed by atoms with Gasteiger partial charge in [0.05, 0.1) is 6.54 Å². The maximum absolute atomic E-state index is 13.5. The van der Waals surface area contributed by atoms with E-state index in [0.29, 0.717) is 13.1 Å². The van der Waals surface area contributed by atoms with E-state index in [1.807, 2.05) is 19.0 Å². The molecule has 1 rings (SSSR count). The number of likely N-dealkylation sites (N-methyl/N-ethyl adjacent to an activating group) is 1. The van der Waals surface area contributed by atoms with Crippen molar-refractivity contribution in [3.8, 4) is 0 Å². The lowest BCUT2D eigenvalue weighted by Gasteiger charge is -2.22. The van der Waals surface area contributed by atoms with E-state index in [9.17, 15) is 13.6 Å². The number of carboxylic acids is 1. The molecule has 0 heterocycles. The summed E-state index contributed by atoms with van der Waals surface area (Å²) in [6.45, 7) is 0.733. The molecule has 1 aromatic carbocycles. The number of nitrogens with zero attached hydrogens (tertiary/aromatic N) is 2. The Bertz CT molecular complexity index is 418. The van der Waals surface area contributed by atoms with Crippen molar-refractivity contribution >= 4 is 5.97 Å². The van der Waals surface area contributed by atoms with Gasteiger partial charge >= 0.3 is 5.97 Å². The number of halogens is 2. The second kappa shape index (κ2) is 7.16. The van der Waals surface area contributed by atoms with Crippen molar-refractivity contribution in [2.45, 2.75) is 6.54 Å². The highest BCUT2D eigenvalue weighted by Crippen LogP contribution is 2.14. The zero-order chi connectivity index (χ0) is 14.4. The van der Waals surface area contributed by atoms with E-state index >= 15 is 0 Å². The van der Waals surface area contributed by atoms with Crippen LogP contribution in [0.15, 0.2) is 18.2 Å². The Morgan fingerprint density at radius 1 is 1.21 bits per heavy atom. The average Bonchev–Trinajstić information content (AvgIpc) is 2.30. The van der Waals surface area contributed by atoms with Gasteiger partial charge in [0.15, 0.2) is 0 Å². The van der Waals surface area contributed by atoms with Crippen molar-refractivity contribution in [2.75, 3.05) is 33.7 Å². The van der Waals surface area contributed by atoms with Crippen LogP contribution in [0.3, 0.4) is 0 Å². The van der Waals surface area contributed by atoms with Gasteiger partial charge < -0.3 is 10.0 Å². The summed E-state index contributed by atoms with van der Waals surface area (Å²) in [4.78, 5) is 14.2. The first-order valence-electron chi connectivity index (χ1n) is 5.92. The molecule has 106 valence electrons. The molecule has 0 saturated heterocycles. The first kappa shape index (κ1) is 15.5. The molecule has 0 fully saturated rings. The predicted molar refractivity (Wildman–Crippen MR) is 67.8 cm³/mol. The number of carboxylic acid groups (broad SMARTS) is 1. The Morgan fingerprint density at radius 3 is 2.26 bits per heavy atom. The van der Waals surface area contributed by atoms with Gasteiger partial charge in [-0.2, -0.15) is 0 Å². The van der Waals surface area contributed by atoms with Crippen LogP contribution >= 0.6 is 0 Å². The van der Waals surface area contributed by atoms with E-state index in [1.165, 1.54) is 23.1 Å². The van der Waals surface area contributed by atoms with Gasteiger partial charge in [-0.05, 0) is 26.2 Å². The molecule has 0 aromatic heterocycles. The summed E-state index contributed by atoms with van der Waals surface area (Å²) in [5, 5.41) is 8.82. The van der Waals surface area contributed by atoms with Crippen LogP contribution < -0.4 is 0 Å². The summed E-state index contributed by atoms with van der Waals surface area (Å²) in [6.07, 6.45) is 0. The Hall–Kier alpha value is -1.53. The molecular weight excluding hydrogens is 254 g/mol. The molecule has 0 aliphatic heterocycles. The first-order valence-corrected chi connectivity index (χ1v) is 5.92. The highest BCUT2D eigenvalue weighted by atomic mass is 19.1. The van der Waals surface area contributed by atoms with Crippen LogP contribution in [0.25, 0.3) is 0 Å². The van der Waals surface area contributed by atoms with Gasteiger partial charge in [-0.25, -0.2) is 8.78 Å². The Labute approximate surface area is 111 Å². The molecule has 0 unspecified atom stereocenters. The fraction of sp³-hybridized carbons (Fsp3) is 0.462. The monoisotopic (exact) mass is 272 g/mol. The van der Waals surface area contributed by atoms with Crippen molar-refractivity contribution in [3.63, 3.8) is 0 Å². The van der Waals surface area contributed by atoms with E-state index in [2.05, 4.69) is 0 Å². The van der Waals surface area contributed by atoms with Gasteiger partial charge in [-0.3, -0.25) is 9.69 Å². The summed E-state index contributed by atoms with van der Waals surface area (Å²) < 4.78 is 27.0. The lowest BCUT2D eigenvalue weighted by molar-refractivity contribution is -0.138. The second-order valence-corrected chi connectivity index (χ2v) is 4.61. The molecule has 0 aliphatic rings. The van der Waals surface area contributed by atoms with Crippen molar-refractivity contribution < 1.29 is 18.7 Å². The normalized spacial score (nSPS) is 11.3. The maximum atomic E-state index is 13.5. The topological polar surface area (TPSA) is 43.8 Å². The summed E-state index contributed by atoms with van der Waals surface area (Å²) in [6, 6.07) is 3.63. The van der Waals surface area contributed by atoms with Gasteiger partial charge in [0.2, 0.25) is 0 Å². The summed E-state index contributed by atoms with van der Waals surface area (Å²) in [7, 11) is 3.70. The van der Waals surface area contributed by atoms with Gasteiger partial charge in [-0.1, -0.05) is 6.07 Å². The maximum Gasteiger partial charge on any atom is 0.317 e. The third kappa shape index (κ3) is 5.32. The number of benzene rings is 1. The quantitative estimate of drug-likeness (QED) is 0.815. The van der Waals surface area contributed by atoms with E-state index in [4.69, 9.17) is 5.11 Å². The van der Waals surface area contributed by atoms with Crippen molar-refractivity contribution in [1.82, 2.24) is 9.80 Å². The first-order chi connectivity index (χ1) is 8.90. The smallest absolute Gasteiger partial charge is 0.317 e. The number of rotatable bonds is 7. The number of aliphatic carboxylic acids is 1. The van der Waals surface area contributed by atoms with Crippen LogP contribution in [-0.4, -0.2) is 54.6 Å². The largest absolute Gasteiger partial charge is 0.480 e. The standard InChI is InChI=1S/C13H18F2N2O2/c1-16(2)6-7-17(9-13(18)19)8-10-11(14)4-3-5-12(10)15/h3-5H,6-9H2,1-2H3,(H,18,19). The fourth-order valence-electron chi connectivity index (χ4n) is 1.65. The minimum atomic E-state index is -1.02. The third-order valence-electron chi connectivity index (χ3n) is 2.67. The van der Waals surface area contributed by atoms with Crippen LogP contribution in [0.4, 0.5) is 8.78 Å². The zero-order valence-corrected chi connectivity index (χ0v) is 11.1. The average molecular weight is 272 g/mol. The summed E-state index contributed by atoms with van der Waals surface area (Å²) in [5.74, 6) is -2.32. The van der Waals surface area contributed by atoms with Crippen LogP contribution in [0.2, 0.25) is 0 Å². The second-order valence-electron chi connectivity index (χ2n) is 4.61. The lowest BCUT2D eigenvalue weighted by atomic mass is 10.2. The minimum Gasteiger partial charge on any atom is -0.480 e. The molecule has 6 heteroatoms. The Morgan fingerprint density at radius 2 is 1.79 bits per heavy atom. The number of hydrogen-bond acceptors (Lipinski definition) is 3. The van der Waals surface area contributed by atoms with Crippen molar-refractivity contribution in [1.29, 1.82) is 0 Å². The minimum absolute atomic E-state index is 0.0569. The fourth-order valence-corrected chi connectivity index (χ4v) is 1.65. The lowest BCUT2D eigenvalue weighted by Crippen LogP contribution is -2.35. The SMILES string of the molecule is CN(C)CCN(CC(=O)O)Cc1c(F)cccc1F. The van der Waals surface area contributed by atoms with Gasteiger partial charge in [-0.15, -0.1) is 0 Å². The summed E-state index contributed by atoms with van der Waals surface area (Å²) >= 11 is 0. The van der Waals surface area contributed by atoms with Crippen LogP contribution in [0.5, 0.6) is 0 Å². The molecule has 1 N–H and O–H groups in total. The molecule has 1 aromatic rings. The number of hydrogen-bond donors (Lipinski definition) is 1. The van der Waals surface area contributed by atoms with Gasteiger partial charge in [0, 0.05) is 25.2 Å². The zero-order valence-electron chi connectivity index (χ0n) is 11.1. The molecule has 0 atom stereocenters. The third-order valence-corrected chi connectivity index (χ3v) is 2.67. The molecule has 0 bridgehead atoms. The number of carbonyl (C=O) groups is 1. The van der Waals surface area contributed by atoms with E-state index < -0.39 is 17.6 Å². The summed E-state index contributed by atoms with van der Waals surface area (Å²) in [5.41, 5.74) is -0.0949. The molecule has 0 saturated carbocycles. The van der Waals surface area contributed by atoms with Crippen LogP contribution in [0.1, 0.15) is 5.56 Å². The van der Waals surface area contributed by atoms with E-state index in [0.717, 1.165) is 0 Å². The van der Waals surface area contributed by atoms with Crippen molar-refractivity contribution in [2.24, 2.45) is 0 Å². The van der Waals surface area contributed by atoms with Crippen LogP contribution in [-0.2, 0) is 11.3 Å². The molecule has 19 heavy (non-hydrogen) atoms. The van der Waals surface area contributed by atoms with E-state index in [1.54, 1.807) is 0 Å². The molecule has 0 amide bonds. The van der Waals surface area contributed by atoms with Gasteiger partial charge in [0.25, 0.3) is 0 Å². The van der Waals surface area contributed by atoms with Crippen molar-refractivity contribution in [3.05, 3.63) is 35.4 Å². The molecular formula is C13H18F2N2O2. The Kier molecular flexibility index (Phi) is 5.85. The highest BCUT2D eigenvalue weighted by Gasteiger charge is 2.15.